The van der Waals surface area contributed by atoms with Crippen LogP contribution in [0, 0.1) is 6.92 Å². The number of rotatable bonds is 5. The van der Waals surface area contributed by atoms with Crippen LogP contribution in [-0.2, 0) is 10.0 Å². The summed E-state index contributed by atoms with van der Waals surface area (Å²) in [5, 5.41) is 8.53. The maximum Gasteiger partial charge on any atom is 0.243 e. The molecule has 0 N–H and O–H groups in total. The van der Waals surface area contributed by atoms with Crippen LogP contribution in [0.4, 0.5) is 0 Å². The predicted octanol–water partition coefficient (Wildman–Crippen LogP) is 4.56. The number of benzene rings is 3. The molecule has 32 heavy (non-hydrogen) atoms. The molecule has 1 aliphatic heterocycles. The highest BCUT2D eigenvalue weighted by molar-refractivity contribution is 7.89. The molecule has 7 heteroatoms. The fraction of sp³-hybridized carbons (Fsp3) is 0.200. The highest BCUT2D eigenvalue weighted by Crippen LogP contribution is 2.29. The van der Waals surface area contributed by atoms with Crippen molar-refractivity contribution in [1.82, 2.24) is 19.3 Å². The van der Waals surface area contributed by atoms with Gasteiger partial charge in [0.25, 0.3) is 0 Å². The largest absolute Gasteiger partial charge is 0.247 e. The Morgan fingerprint density at radius 1 is 0.844 bits per heavy atom. The number of sulfonamides is 1. The summed E-state index contributed by atoms with van der Waals surface area (Å²) in [5.74, 6) is 0. The summed E-state index contributed by atoms with van der Waals surface area (Å²) in [6, 6.07) is 25.2. The second-order valence-electron chi connectivity index (χ2n) is 8.15. The first-order valence-corrected chi connectivity index (χ1v) is 12.1. The van der Waals surface area contributed by atoms with E-state index in [1.54, 1.807) is 21.1 Å². The maximum atomic E-state index is 13.2. The Hall–Kier alpha value is -3.29. The van der Waals surface area contributed by atoms with Gasteiger partial charge in [0, 0.05) is 18.7 Å². The Morgan fingerprint density at radius 3 is 2.19 bits per heavy atom. The van der Waals surface area contributed by atoms with E-state index in [1.807, 2.05) is 67.7 Å². The third-order valence-electron chi connectivity index (χ3n) is 5.96. The summed E-state index contributed by atoms with van der Waals surface area (Å²) >= 11 is 0. The predicted molar refractivity (Wildman–Crippen MR) is 124 cm³/mol. The minimum atomic E-state index is -3.56. The van der Waals surface area contributed by atoms with Crippen LogP contribution in [0.1, 0.15) is 18.0 Å². The summed E-state index contributed by atoms with van der Waals surface area (Å²) in [6.07, 6.45) is 2.60. The average Bonchev–Trinajstić information content (AvgIpc) is 3.51. The van der Waals surface area contributed by atoms with E-state index in [2.05, 4.69) is 22.4 Å². The van der Waals surface area contributed by atoms with E-state index in [9.17, 15) is 8.42 Å². The highest BCUT2D eigenvalue weighted by atomic mass is 32.2. The fourth-order valence-electron chi connectivity index (χ4n) is 4.06. The van der Waals surface area contributed by atoms with Crippen LogP contribution in [-0.4, -0.2) is 40.8 Å². The molecule has 1 aromatic heterocycles. The third kappa shape index (κ3) is 3.97. The van der Waals surface area contributed by atoms with Crippen molar-refractivity contribution in [2.45, 2.75) is 24.3 Å². The van der Waals surface area contributed by atoms with Crippen LogP contribution in [0.2, 0.25) is 0 Å². The van der Waals surface area contributed by atoms with E-state index in [0.29, 0.717) is 24.4 Å². The molecule has 162 valence electrons. The van der Waals surface area contributed by atoms with Crippen LogP contribution < -0.4 is 0 Å². The molecule has 6 nitrogen and oxygen atoms in total. The first kappa shape index (κ1) is 20.6. The van der Waals surface area contributed by atoms with Gasteiger partial charge in [0.1, 0.15) is 5.69 Å². The van der Waals surface area contributed by atoms with Gasteiger partial charge in [-0.15, -0.1) is 5.10 Å². The summed E-state index contributed by atoms with van der Waals surface area (Å²) < 4.78 is 29.8. The van der Waals surface area contributed by atoms with Crippen molar-refractivity contribution in [2.75, 3.05) is 13.1 Å². The van der Waals surface area contributed by atoms with Crippen LogP contribution in [0.3, 0.4) is 0 Å². The van der Waals surface area contributed by atoms with E-state index >= 15 is 0 Å². The maximum absolute atomic E-state index is 13.2. The molecule has 0 bridgehead atoms. The van der Waals surface area contributed by atoms with E-state index in [4.69, 9.17) is 0 Å². The van der Waals surface area contributed by atoms with Crippen LogP contribution in [0.5, 0.6) is 0 Å². The number of aryl methyl sites for hydroxylation is 1. The zero-order valence-electron chi connectivity index (χ0n) is 17.8. The minimum Gasteiger partial charge on any atom is -0.247 e. The number of aromatic nitrogens is 3. The first-order valence-electron chi connectivity index (χ1n) is 10.7. The molecule has 4 aromatic rings. The standard InChI is InChI=1S/C25H24N4O2S/c1-19-7-9-20(10-8-19)21-11-13-24(14-12-21)32(30,31)28-16-15-23(17-28)29-18-25(26-27-29)22-5-3-2-4-6-22/h2-14,18,23H,15-17H2,1H3. The van der Waals surface area contributed by atoms with E-state index < -0.39 is 10.0 Å². The van der Waals surface area contributed by atoms with Crippen molar-refractivity contribution >= 4 is 10.0 Å². The zero-order valence-corrected chi connectivity index (χ0v) is 18.6. The molecule has 1 atom stereocenters. The SMILES string of the molecule is Cc1ccc(-c2ccc(S(=O)(=O)N3CCC(n4cc(-c5ccccc5)nn4)C3)cc2)cc1. The molecular weight excluding hydrogens is 420 g/mol. The molecule has 0 saturated carbocycles. The van der Waals surface area contributed by atoms with Crippen molar-refractivity contribution in [3.63, 3.8) is 0 Å². The lowest BCUT2D eigenvalue weighted by Gasteiger charge is -2.17. The molecule has 1 aliphatic rings. The van der Waals surface area contributed by atoms with Gasteiger partial charge < -0.3 is 0 Å². The molecule has 0 radical (unpaired) electrons. The quantitative estimate of drug-likeness (QED) is 0.453. The highest BCUT2D eigenvalue weighted by Gasteiger charge is 2.34. The van der Waals surface area contributed by atoms with Gasteiger partial charge in [-0.05, 0) is 36.6 Å². The van der Waals surface area contributed by atoms with Crippen molar-refractivity contribution in [1.29, 1.82) is 0 Å². The normalized spacial score (nSPS) is 17.0. The van der Waals surface area contributed by atoms with Gasteiger partial charge in [-0.2, -0.15) is 4.31 Å². The molecule has 1 unspecified atom stereocenters. The molecular formula is C25H24N4O2S. The van der Waals surface area contributed by atoms with E-state index in [0.717, 1.165) is 22.4 Å². The topological polar surface area (TPSA) is 68.1 Å². The zero-order chi connectivity index (χ0) is 22.1. The van der Waals surface area contributed by atoms with Crippen molar-refractivity contribution in [3.8, 4) is 22.4 Å². The lowest BCUT2D eigenvalue weighted by molar-refractivity contribution is 0.428. The van der Waals surface area contributed by atoms with Crippen molar-refractivity contribution < 1.29 is 8.42 Å². The minimum absolute atomic E-state index is 0.0263. The van der Waals surface area contributed by atoms with Gasteiger partial charge in [-0.1, -0.05) is 77.5 Å². The Morgan fingerprint density at radius 2 is 1.50 bits per heavy atom. The van der Waals surface area contributed by atoms with Gasteiger partial charge in [0.15, 0.2) is 0 Å². The monoisotopic (exact) mass is 444 g/mol. The molecule has 0 spiro atoms. The average molecular weight is 445 g/mol. The van der Waals surface area contributed by atoms with Gasteiger partial charge in [-0.3, -0.25) is 0 Å². The summed E-state index contributed by atoms with van der Waals surface area (Å²) in [6.45, 7) is 2.90. The van der Waals surface area contributed by atoms with Crippen LogP contribution in [0.15, 0.2) is 90.0 Å². The second kappa shape index (κ2) is 8.33. The Labute approximate surface area is 188 Å². The Bertz CT molecular complexity index is 1310. The molecule has 2 heterocycles. The van der Waals surface area contributed by atoms with E-state index in [1.165, 1.54) is 5.56 Å². The Kier molecular flexibility index (Phi) is 5.36. The van der Waals surface area contributed by atoms with Gasteiger partial charge >= 0.3 is 0 Å². The summed E-state index contributed by atoms with van der Waals surface area (Å²) in [7, 11) is -3.56. The summed E-state index contributed by atoms with van der Waals surface area (Å²) in [4.78, 5) is 0.317. The fourth-order valence-corrected chi connectivity index (χ4v) is 5.55. The number of hydrogen-bond acceptors (Lipinski definition) is 4. The van der Waals surface area contributed by atoms with Crippen LogP contribution >= 0.6 is 0 Å². The lowest BCUT2D eigenvalue weighted by Crippen LogP contribution is -2.29. The Balaban J connectivity index is 1.31. The van der Waals surface area contributed by atoms with Crippen LogP contribution in [0.25, 0.3) is 22.4 Å². The first-order chi connectivity index (χ1) is 15.5. The van der Waals surface area contributed by atoms with Gasteiger partial charge in [0.2, 0.25) is 10.0 Å². The molecule has 3 aromatic carbocycles. The van der Waals surface area contributed by atoms with E-state index in [-0.39, 0.29) is 6.04 Å². The molecule has 0 aliphatic carbocycles. The number of hydrogen-bond donors (Lipinski definition) is 0. The van der Waals surface area contributed by atoms with Gasteiger partial charge in [-0.25, -0.2) is 13.1 Å². The number of nitrogens with zero attached hydrogens (tertiary/aromatic N) is 4. The molecule has 1 saturated heterocycles. The smallest absolute Gasteiger partial charge is 0.243 e. The molecule has 1 fully saturated rings. The summed E-state index contributed by atoms with van der Waals surface area (Å²) in [5.41, 5.74) is 5.05. The lowest BCUT2D eigenvalue weighted by atomic mass is 10.0. The third-order valence-corrected chi connectivity index (χ3v) is 7.84. The van der Waals surface area contributed by atoms with Gasteiger partial charge in [0.05, 0.1) is 17.1 Å². The van der Waals surface area contributed by atoms with Crippen molar-refractivity contribution in [3.05, 3.63) is 90.6 Å². The second-order valence-corrected chi connectivity index (χ2v) is 10.1. The molecule has 0 amide bonds. The molecule has 5 rings (SSSR count). The van der Waals surface area contributed by atoms with Crippen molar-refractivity contribution in [2.24, 2.45) is 0 Å².